The van der Waals surface area contributed by atoms with E-state index in [-0.39, 0.29) is 23.7 Å². The number of aromatic nitrogens is 1. The highest BCUT2D eigenvalue weighted by atomic mass is 19.1. The van der Waals surface area contributed by atoms with Crippen molar-refractivity contribution in [2.75, 3.05) is 20.3 Å². The number of hydrogen-bond donors (Lipinski definition) is 2. The van der Waals surface area contributed by atoms with Gasteiger partial charge in [-0.25, -0.2) is 4.39 Å². The number of amides is 1. The van der Waals surface area contributed by atoms with Crippen LogP contribution in [0.5, 0.6) is 11.5 Å². The zero-order chi connectivity index (χ0) is 19.4. The number of H-pyrrole nitrogens is 1. The zero-order valence-electron chi connectivity index (χ0n) is 15.6. The van der Waals surface area contributed by atoms with Crippen LogP contribution in [0.25, 0.3) is 10.9 Å². The number of methoxy groups -OCH3 is 1. The van der Waals surface area contributed by atoms with Crippen molar-refractivity contribution in [1.82, 2.24) is 10.3 Å². The van der Waals surface area contributed by atoms with Crippen molar-refractivity contribution < 1.29 is 18.7 Å². The Labute approximate surface area is 157 Å². The van der Waals surface area contributed by atoms with Gasteiger partial charge in [0.05, 0.1) is 7.11 Å². The molecule has 27 heavy (non-hydrogen) atoms. The maximum absolute atomic E-state index is 13.6. The monoisotopic (exact) mass is 370 g/mol. The van der Waals surface area contributed by atoms with Crippen LogP contribution in [0.4, 0.5) is 4.39 Å². The summed E-state index contributed by atoms with van der Waals surface area (Å²) in [7, 11) is 1.55. The predicted octanol–water partition coefficient (Wildman–Crippen LogP) is 3.79. The smallest absolute Gasteiger partial charge is 0.257 e. The summed E-state index contributed by atoms with van der Waals surface area (Å²) in [5, 5.41) is 3.70. The first-order valence-corrected chi connectivity index (χ1v) is 8.70. The van der Waals surface area contributed by atoms with E-state index >= 15 is 0 Å². The molecule has 0 spiro atoms. The molecule has 0 aliphatic carbocycles. The van der Waals surface area contributed by atoms with E-state index < -0.39 is 0 Å². The largest absolute Gasteiger partial charge is 0.493 e. The number of nitrogens with one attached hydrogen (secondary N) is 2. The summed E-state index contributed by atoms with van der Waals surface area (Å²) in [5.74, 6) is 0.571. The number of aromatic amines is 1. The number of benzene rings is 2. The van der Waals surface area contributed by atoms with Gasteiger partial charge in [0.15, 0.2) is 18.1 Å². The molecule has 3 rings (SSSR count). The molecule has 5 nitrogen and oxygen atoms in total. The Bertz CT molecular complexity index is 950. The van der Waals surface area contributed by atoms with Crippen molar-refractivity contribution in [3.63, 3.8) is 0 Å². The topological polar surface area (TPSA) is 63.4 Å². The van der Waals surface area contributed by atoms with Crippen molar-refractivity contribution in [3.05, 3.63) is 60.0 Å². The molecule has 3 aromatic rings. The Kier molecular flexibility index (Phi) is 5.35. The van der Waals surface area contributed by atoms with Crippen LogP contribution < -0.4 is 14.8 Å². The lowest BCUT2D eigenvalue weighted by Crippen LogP contribution is -2.38. The van der Waals surface area contributed by atoms with E-state index in [1.54, 1.807) is 25.3 Å². The van der Waals surface area contributed by atoms with Crippen molar-refractivity contribution in [2.45, 2.75) is 19.3 Å². The van der Waals surface area contributed by atoms with Gasteiger partial charge in [-0.3, -0.25) is 4.79 Å². The summed E-state index contributed by atoms with van der Waals surface area (Å²) < 4.78 is 24.3. The zero-order valence-corrected chi connectivity index (χ0v) is 15.6. The predicted molar refractivity (Wildman–Crippen MR) is 103 cm³/mol. The summed E-state index contributed by atoms with van der Waals surface area (Å²) in [6, 6.07) is 11.8. The number of rotatable bonds is 7. The Morgan fingerprint density at radius 3 is 2.67 bits per heavy atom. The van der Waals surface area contributed by atoms with Crippen molar-refractivity contribution in [1.29, 1.82) is 0 Å². The first kappa shape index (κ1) is 18.8. The number of halogens is 1. The van der Waals surface area contributed by atoms with E-state index in [4.69, 9.17) is 9.47 Å². The molecule has 0 aliphatic rings. The van der Waals surface area contributed by atoms with Crippen molar-refractivity contribution in [2.24, 2.45) is 0 Å². The van der Waals surface area contributed by atoms with E-state index in [9.17, 15) is 9.18 Å². The Hall–Kier alpha value is -3.02. The summed E-state index contributed by atoms with van der Waals surface area (Å²) in [6.07, 6.45) is 1.86. The molecule has 1 aromatic heterocycles. The van der Waals surface area contributed by atoms with Gasteiger partial charge >= 0.3 is 0 Å². The van der Waals surface area contributed by atoms with Crippen LogP contribution in [-0.4, -0.2) is 31.2 Å². The minimum Gasteiger partial charge on any atom is -0.493 e. The number of fused-ring (bicyclic) bond motifs is 1. The van der Waals surface area contributed by atoms with Crippen LogP contribution in [0, 0.1) is 5.82 Å². The van der Waals surface area contributed by atoms with Gasteiger partial charge in [-0.05, 0) is 35.9 Å². The molecule has 0 saturated carbocycles. The molecule has 0 atom stereocenters. The first-order valence-electron chi connectivity index (χ1n) is 8.70. The summed E-state index contributed by atoms with van der Waals surface area (Å²) in [6.45, 7) is 4.29. The molecule has 2 N–H and O–H groups in total. The van der Waals surface area contributed by atoms with Crippen LogP contribution in [0.2, 0.25) is 0 Å². The molecule has 0 unspecified atom stereocenters. The molecule has 2 aromatic carbocycles. The molecule has 142 valence electrons. The lowest BCUT2D eigenvalue weighted by Gasteiger charge is -2.25. The lowest BCUT2D eigenvalue weighted by atomic mass is 9.84. The third-order valence-corrected chi connectivity index (χ3v) is 4.53. The van der Waals surface area contributed by atoms with Gasteiger partial charge in [0.1, 0.15) is 5.82 Å². The third kappa shape index (κ3) is 4.22. The summed E-state index contributed by atoms with van der Waals surface area (Å²) >= 11 is 0. The second-order valence-corrected chi connectivity index (χ2v) is 6.99. The SMILES string of the molecule is COc1ccccc1OCC(=O)NCC(C)(C)c1c[nH]c2ccc(F)cc12. The molecular weight excluding hydrogens is 347 g/mol. The van der Waals surface area contributed by atoms with Crippen LogP contribution >= 0.6 is 0 Å². The number of para-hydroxylation sites is 2. The van der Waals surface area contributed by atoms with Crippen LogP contribution in [0.3, 0.4) is 0 Å². The van der Waals surface area contributed by atoms with E-state index in [0.717, 1.165) is 16.5 Å². The number of carbonyl (C=O) groups excluding carboxylic acids is 1. The highest BCUT2D eigenvalue weighted by Gasteiger charge is 2.25. The van der Waals surface area contributed by atoms with Crippen molar-refractivity contribution >= 4 is 16.8 Å². The van der Waals surface area contributed by atoms with Gasteiger partial charge in [-0.1, -0.05) is 26.0 Å². The van der Waals surface area contributed by atoms with E-state index in [2.05, 4.69) is 10.3 Å². The van der Waals surface area contributed by atoms with Crippen LogP contribution in [-0.2, 0) is 10.2 Å². The first-order chi connectivity index (χ1) is 12.9. The lowest BCUT2D eigenvalue weighted by molar-refractivity contribution is -0.123. The van der Waals surface area contributed by atoms with Gasteiger partial charge < -0.3 is 19.8 Å². The second-order valence-electron chi connectivity index (χ2n) is 6.99. The van der Waals surface area contributed by atoms with E-state index in [0.29, 0.717) is 18.0 Å². The maximum Gasteiger partial charge on any atom is 0.257 e. The van der Waals surface area contributed by atoms with Crippen LogP contribution in [0.15, 0.2) is 48.7 Å². The van der Waals surface area contributed by atoms with Gasteiger partial charge in [0.2, 0.25) is 0 Å². The standard InChI is InChI=1S/C21H23FN2O3/c1-21(2,16-11-23-17-9-8-14(22)10-15(16)17)13-24-20(25)12-27-19-7-5-4-6-18(19)26-3/h4-11,23H,12-13H2,1-3H3,(H,24,25). The minimum atomic E-state index is -0.383. The normalized spacial score (nSPS) is 11.4. The Morgan fingerprint density at radius 1 is 1.19 bits per heavy atom. The Balaban J connectivity index is 1.62. The molecule has 0 bridgehead atoms. The Morgan fingerprint density at radius 2 is 1.93 bits per heavy atom. The fourth-order valence-corrected chi connectivity index (χ4v) is 3.00. The molecule has 0 fully saturated rings. The van der Waals surface area contributed by atoms with E-state index in [1.165, 1.54) is 12.1 Å². The third-order valence-electron chi connectivity index (χ3n) is 4.53. The quantitative estimate of drug-likeness (QED) is 0.665. The average molecular weight is 370 g/mol. The van der Waals surface area contributed by atoms with Gasteiger partial charge in [0, 0.05) is 29.1 Å². The van der Waals surface area contributed by atoms with E-state index in [1.807, 2.05) is 32.2 Å². The molecular formula is C21H23FN2O3. The molecule has 1 heterocycles. The average Bonchev–Trinajstić information content (AvgIpc) is 3.09. The molecule has 1 amide bonds. The fourth-order valence-electron chi connectivity index (χ4n) is 3.00. The molecule has 0 saturated heterocycles. The molecule has 0 aliphatic heterocycles. The summed E-state index contributed by atoms with van der Waals surface area (Å²) in [4.78, 5) is 15.4. The fraction of sp³-hybridized carbons (Fsp3) is 0.286. The van der Waals surface area contributed by atoms with Crippen molar-refractivity contribution in [3.8, 4) is 11.5 Å². The highest BCUT2D eigenvalue weighted by Crippen LogP contribution is 2.30. The molecule has 0 radical (unpaired) electrons. The number of hydrogen-bond acceptors (Lipinski definition) is 3. The van der Waals surface area contributed by atoms with Crippen LogP contribution in [0.1, 0.15) is 19.4 Å². The summed E-state index contributed by atoms with van der Waals surface area (Å²) in [5.41, 5.74) is 1.43. The van der Waals surface area contributed by atoms with Gasteiger partial charge in [0.25, 0.3) is 5.91 Å². The van der Waals surface area contributed by atoms with Gasteiger partial charge in [-0.2, -0.15) is 0 Å². The van der Waals surface area contributed by atoms with Gasteiger partial charge in [-0.15, -0.1) is 0 Å². The minimum absolute atomic E-state index is 0.112. The highest BCUT2D eigenvalue weighted by molar-refractivity contribution is 5.84. The maximum atomic E-state index is 13.6. The number of ether oxygens (including phenoxy) is 2. The number of carbonyl (C=O) groups is 1. The second kappa shape index (κ2) is 7.70. The molecule has 6 heteroatoms.